The predicted molar refractivity (Wildman–Crippen MR) is 49.3 cm³/mol. The number of halogens is 3. The fraction of sp³-hybridized carbons (Fsp3) is 0.889. The van der Waals surface area contributed by atoms with E-state index in [2.05, 4.69) is 5.32 Å². The number of piperidine rings is 1. The number of hydrogen-bond donors (Lipinski definition) is 2. The van der Waals surface area contributed by atoms with Gasteiger partial charge in [0.1, 0.15) is 6.54 Å². The van der Waals surface area contributed by atoms with Gasteiger partial charge < -0.3 is 10.6 Å². The molecule has 1 fully saturated rings. The third kappa shape index (κ3) is 4.51. The van der Waals surface area contributed by atoms with E-state index in [4.69, 9.17) is 0 Å². The van der Waals surface area contributed by atoms with Crippen LogP contribution in [0, 0.1) is 5.92 Å². The molecule has 0 saturated carbocycles. The second-order valence-corrected chi connectivity index (χ2v) is 3.91. The number of carbonyl (C=O) groups is 1. The fourth-order valence-electron chi connectivity index (χ4n) is 1.70. The third-order valence-corrected chi connectivity index (χ3v) is 2.46. The van der Waals surface area contributed by atoms with E-state index in [1.165, 1.54) is 0 Å². The van der Waals surface area contributed by atoms with Crippen LogP contribution in [0.1, 0.15) is 19.8 Å². The molecule has 1 rings (SSSR count). The van der Waals surface area contributed by atoms with Crippen LogP contribution in [0.3, 0.4) is 0 Å². The number of amides is 1. The molecule has 2 N–H and O–H groups in total. The van der Waals surface area contributed by atoms with E-state index < -0.39 is 18.6 Å². The summed E-state index contributed by atoms with van der Waals surface area (Å²) < 4.78 is 35.5. The summed E-state index contributed by atoms with van der Waals surface area (Å²) in [5, 5.41) is 5.06. The Balaban J connectivity index is 2.33. The summed E-state index contributed by atoms with van der Waals surface area (Å²) >= 11 is 0. The summed E-state index contributed by atoms with van der Waals surface area (Å²) in [4.78, 5) is 11.4. The molecule has 0 unspecified atom stereocenters. The molecule has 1 aliphatic heterocycles. The highest BCUT2D eigenvalue weighted by Gasteiger charge is 2.30. The Morgan fingerprint density at radius 1 is 1.53 bits per heavy atom. The second-order valence-electron chi connectivity index (χ2n) is 3.91. The molecule has 0 bridgehead atoms. The van der Waals surface area contributed by atoms with E-state index in [1.807, 2.05) is 12.2 Å². The molecule has 3 nitrogen and oxygen atoms in total. The molecular formula is C9H15F3N2O. The van der Waals surface area contributed by atoms with E-state index in [9.17, 15) is 18.0 Å². The van der Waals surface area contributed by atoms with Gasteiger partial charge in [0.2, 0.25) is 5.91 Å². The van der Waals surface area contributed by atoms with Gasteiger partial charge in [0.05, 0.1) is 0 Å². The molecule has 88 valence electrons. The molecule has 1 saturated heterocycles. The smallest absolute Gasteiger partial charge is 0.347 e. The standard InChI is InChI=1S/C9H15F3N2O/c1-6-4-7(2-3-13-6)8(15)14-5-9(10,11)12/h6-7,13H,2-5H2,1H3,(H,14,15)/t6-,7-/m0/s1. The summed E-state index contributed by atoms with van der Waals surface area (Å²) in [6, 6.07) is 0.195. The van der Waals surface area contributed by atoms with Gasteiger partial charge >= 0.3 is 6.18 Å². The maximum atomic E-state index is 11.8. The quantitative estimate of drug-likeness (QED) is 0.736. The van der Waals surface area contributed by atoms with Gasteiger partial charge in [0, 0.05) is 12.0 Å². The number of alkyl halides is 3. The lowest BCUT2D eigenvalue weighted by Crippen LogP contribution is -2.44. The molecule has 6 heteroatoms. The minimum Gasteiger partial charge on any atom is -0.347 e. The molecule has 0 radical (unpaired) electrons. The normalized spacial score (nSPS) is 27.5. The van der Waals surface area contributed by atoms with Crippen molar-refractivity contribution < 1.29 is 18.0 Å². The van der Waals surface area contributed by atoms with Gasteiger partial charge in [-0.05, 0) is 26.3 Å². The molecule has 15 heavy (non-hydrogen) atoms. The van der Waals surface area contributed by atoms with Crippen LogP contribution in [-0.4, -0.2) is 31.2 Å². The molecule has 0 aromatic carbocycles. The van der Waals surface area contributed by atoms with Crippen molar-refractivity contribution in [2.75, 3.05) is 13.1 Å². The van der Waals surface area contributed by atoms with Crippen LogP contribution in [-0.2, 0) is 4.79 Å². The van der Waals surface area contributed by atoms with Gasteiger partial charge in [-0.3, -0.25) is 4.79 Å². The molecular weight excluding hydrogens is 209 g/mol. The highest BCUT2D eigenvalue weighted by Crippen LogP contribution is 2.17. The summed E-state index contributed by atoms with van der Waals surface area (Å²) in [5.74, 6) is -0.774. The van der Waals surface area contributed by atoms with E-state index in [0.717, 1.165) is 0 Å². The van der Waals surface area contributed by atoms with Gasteiger partial charge in [0.15, 0.2) is 0 Å². The minimum absolute atomic E-state index is 0.195. The van der Waals surface area contributed by atoms with Gasteiger partial charge in [-0.15, -0.1) is 0 Å². The Kier molecular flexibility index (Phi) is 3.96. The Labute approximate surface area is 86.4 Å². The first-order valence-corrected chi connectivity index (χ1v) is 4.96. The SMILES string of the molecule is C[C@H]1C[C@@H](C(=O)NCC(F)(F)F)CCN1. The molecule has 1 amide bonds. The van der Waals surface area contributed by atoms with E-state index >= 15 is 0 Å². The molecule has 2 atom stereocenters. The Morgan fingerprint density at radius 2 is 2.20 bits per heavy atom. The average molecular weight is 224 g/mol. The monoisotopic (exact) mass is 224 g/mol. The van der Waals surface area contributed by atoms with E-state index in [1.54, 1.807) is 0 Å². The zero-order valence-corrected chi connectivity index (χ0v) is 8.53. The van der Waals surface area contributed by atoms with Crippen molar-refractivity contribution in [1.82, 2.24) is 10.6 Å². The van der Waals surface area contributed by atoms with E-state index in [0.29, 0.717) is 19.4 Å². The fourth-order valence-corrected chi connectivity index (χ4v) is 1.70. The summed E-state index contributed by atoms with van der Waals surface area (Å²) in [7, 11) is 0. The van der Waals surface area contributed by atoms with Crippen LogP contribution >= 0.6 is 0 Å². The highest BCUT2D eigenvalue weighted by atomic mass is 19.4. The van der Waals surface area contributed by atoms with Crippen molar-refractivity contribution in [1.29, 1.82) is 0 Å². The van der Waals surface area contributed by atoms with Crippen LogP contribution in [0.2, 0.25) is 0 Å². The van der Waals surface area contributed by atoms with Crippen molar-refractivity contribution in [2.24, 2.45) is 5.92 Å². The lowest BCUT2D eigenvalue weighted by atomic mass is 9.92. The van der Waals surface area contributed by atoms with Crippen LogP contribution in [0.5, 0.6) is 0 Å². The van der Waals surface area contributed by atoms with Gasteiger partial charge in [-0.25, -0.2) is 0 Å². The van der Waals surface area contributed by atoms with Crippen LogP contribution < -0.4 is 10.6 Å². The van der Waals surface area contributed by atoms with Crippen LogP contribution in [0.25, 0.3) is 0 Å². The van der Waals surface area contributed by atoms with Crippen LogP contribution in [0.4, 0.5) is 13.2 Å². The van der Waals surface area contributed by atoms with Crippen molar-refractivity contribution >= 4 is 5.91 Å². The summed E-state index contributed by atoms with van der Waals surface area (Å²) in [5.41, 5.74) is 0. The maximum Gasteiger partial charge on any atom is 0.405 e. The van der Waals surface area contributed by atoms with E-state index in [-0.39, 0.29) is 12.0 Å². The van der Waals surface area contributed by atoms with Gasteiger partial charge in [0.25, 0.3) is 0 Å². The molecule has 1 heterocycles. The lowest BCUT2D eigenvalue weighted by molar-refractivity contribution is -0.141. The third-order valence-electron chi connectivity index (χ3n) is 2.46. The first-order valence-electron chi connectivity index (χ1n) is 4.96. The van der Waals surface area contributed by atoms with Gasteiger partial charge in [-0.1, -0.05) is 0 Å². The average Bonchev–Trinajstić information content (AvgIpc) is 2.13. The van der Waals surface area contributed by atoms with Gasteiger partial charge in [-0.2, -0.15) is 13.2 Å². The van der Waals surface area contributed by atoms with Crippen molar-refractivity contribution in [3.8, 4) is 0 Å². The predicted octanol–water partition coefficient (Wildman–Crippen LogP) is 1.05. The maximum absolute atomic E-state index is 11.8. The van der Waals surface area contributed by atoms with Crippen molar-refractivity contribution in [2.45, 2.75) is 32.0 Å². The number of rotatable bonds is 2. The molecule has 0 aliphatic carbocycles. The largest absolute Gasteiger partial charge is 0.405 e. The second kappa shape index (κ2) is 4.83. The molecule has 0 spiro atoms. The number of carbonyl (C=O) groups excluding carboxylic acids is 1. The molecule has 0 aromatic rings. The van der Waals surface area contributed by atoms with Crippen molar-refractivity contribution in [3.05, 3.63) is 0 Å². The zero-order chi connectivity index (χ0) is 11.5. The first kappa shape index (κ1) is 12.3. The Morgan fingerprint density at radius 3 is 2.73 bits per heavy atom. The van der Waals surface area contributed by atoms with Crippen LogP contribution in [0.15, 0.2) is 0 Å². The highest BCUT2D eigenvalue weighted by molar-refractivity contribution is 5.78. The minimum atomic E-state index is -4.33. The molecule has 1 aliphatic rings. The number of hydrogen-bond acceptors (Lipinski definition) is 2. The molecule has 0 aromatic heterocycles. The van der Waals surface area contributed by atoms with Crippen molar-refractivity contribution in [3.63, 3.8) is 0 Å². The summed E-state index contributed by atoms with van der Waals surface area (Å²) in [6.45, 7) is 1.37. The zero-order valence-electron chi connectivity index (χ0n) is 8.53. The topological polar surface area (TPSA) is 41.1 Å². The Hall–Kier alpha value is -0.780. The first-order chi connectivity index (χ1) is 6.88. The Bertz CT molecular complexity index is 230. The number of nitrogens with one attached hydrogen (secondary N) is 2. The summed E-state index contributed by atoms with van der Waals surface area (Å²) in [6.07, 6.45) is -3.12. The lowest BCUT2D eigenvalue weighted by Gasteiger charge is -2.27.